The van der Waals surface area contributed by atoms with Crippen molar-refractivity contribution < 1.29 is 19.4 Å². The van der Waals surface area contributed by atoms with Crippen molar-refractivity contribution in [2.75, 3.05) is 12.0 Å². The van der Waals surface area contributed by atoms with Crippen molar-refractivity contribution in [1.29, 1.82) is 0 Å². The lowest BCUT2D eigenvalue weighted by Gasteiger charge is -2.27. The summed E-state index contributed by atoms with van der Waals surface area (Å²) < 4.78 is 5.34. The molecule has 34 heavy (non-hydrogen) atoms. The van der Waals surface area contributed by atoms with Crippen molar-refractivity contribution >= 4 is 23.1 Å². The van der Waals surface area contributed by atoms with Crippen molar-refractivity contribution in [3.8, 4) is 5.75 Å². The molecule has 1 heterocycles. The standard InChI is InChI=1S/C29H29NO4/c1-18-9-11-20(12-10-18)26(31)24-25(19-13-15-21(16-14-19)29(2,3)4)30(28(33)27(24)32)22-7-6-8-23(17-22)34-5/h6-17,25,31H,1-5H3/b26-24+. The molecule has 1 aliphatic heterocycles. The van der Waals surface area contributed by atoms with Crippen molar-refractivity contribution in [2.45, 2.75) is 39.2 Å². The number of ketones is 1. The fourth-order valence-electron chi connectivity index (χ4n) is 4.21. The molecule has 1 unspecified atom stereocenters. The molecule has 1 N–H and O–H groups in total. The third kappa shape index (κ3) is 4.21. The number of aliphatic hydroxyl groups excluding tert-OH is 1. The number of aliphatic hydroxyl groups is 1. The average molecular weight is 456 g/mol. The Balaban J connectivity index is 1.93. The third-order valence-electron chi connectivity index (χ3n) is 6.19. The summed E-state index contributed by atoms with van der Waals surface area (Å²) in [6.45, 7) is 8.33. The Morgan fingerprint density at radius 3 is 2.18 bits per heavy atom. The van der Waals surface area contributed by atoms with E-state index in [1.807, 2.05) is 43.3 Å². The fraction of sp³-hybridized carbons (Fsp3) is 0.241. The van der Waals surface area contributed by atoms with Gasteiger partial charge in [-0.1, -0.05) is 80.9 Å². The van der Waals surface area contributed by atoms with Gasteiger partial charge in [0.2, 0.25) is 0 Å². The maximum absolute atomic E-state index is 13.3. The first kappa shape index (κ1) is 23.3. The maximum Gasteiger partial charge on any atom is 0.300 e. The largest absolute Gasteiger partial charge is 0.507 e. The molecule has 0 bridgehead atoms. The third-order valence-corrected chi connectivity index (χ3v) is 6.19. The smallest absolute Gasteiger partial charge is 0.300 e. The van der Waals surface area contributed by atoms with E-state index in [1.165, 1.54) is 4.90 Å². The molecule has 5 nitrogen and oxygen atoms in total. The number of carbonyl (C=O) groups is 2. The van der Waals surface area contributed by atoms with E-state index < -0.39 is 17.7 Å². The minimum atomic E-state index is -0.776. The molecule has 3 aromatic rings. The zero-order valence-corrected chi connectivity index (χ0v) is 20.1. The van der Waals surface area contributed by atoms with E-state index in [2.05, 4.69) is 20.8 Å². The molecule has 0 saturated carbocycles. The molecular formula is C29H29NO4. The summed E-state index contributed by atoms with van der Waals surface area (Å²) in [7, 11) is 1.55. The van der Waals surface area contributed by atoms with Gasteiger partial charge in [0.25, 0.3) is 11.7 Å². The SMILES string of the molecule is COc1cccc(N2C(=O)C(=O)/C(=C(/O)c3ccc(C)cc3)C2c2ccc(C(C)(C)C)cc2)c1. The van der Waals surface area contributed by atoms with E-state index in [1.54, 1.807) is 43.5 Å². The number of anilines is 1. The number of nitrogens with zero attached hydrogens (tertiary/aromatic N) is 1. The van der Waals surface area contributed by atoms with E-state index in [0.29, 0.717) is 17.0 Å². The summed E-state index contributed by atoms with van der Waals surface area (Å²) in [6, 6.07) is 21.3. The Morgan fingerprint density at radius 2 is 1.59 bits per heavy atom. The molecule has 4 rings (SSSR count). The van der Waals surface area contributed by atoms with Crippen LogP contribution in [0.1, 0.15) is 49.1 Å². The van der Waals surface area contributed by atoms with E-state index in [9.17, 15) is 14.7 Å². The Kier molecular flexibility index (Phi) is 6.05. The second-order valence-electron chi connectivity index (χ2n) is 9.61. The number of ether oxygens (including phenoxy) is 1. The lowest BCUT2D eigenvalue weighted by atomic mass is 9.85. The number of amides is 1. The van der Waals surface area contributed by atoms with Crippen LogP contribution in [0.5, 0.6) is 5.75 Å². The van der Waals surface area contributed by atoms with Crippen molar-refractivity contribution in [2.24, 2.45) is 0 Å². The van der Waals surface area contributed by atoms with Gasteiger partial charge in [-0.05, 0) is 35.6 Å². The molecule has 174 valence electrons. The minimum Gasteiger partial charge on any atom is -0.507 e. The number of hydrogen-bond donors (Lipinski definition) is 1. The van der Waals surface area contributed by atoms with E-state index in [4.69, 9.17) is 4.74 Å². The molecule has 1 amide bonds. The van der Waals surface area contributed by atoms with Crippen LogP contribution in [0.4, 0.5) is 5.69 Å². The second-order valence-corrected chi connectivity index (χ2v) is 9.61. The molecule has 0 aliphatic carbocycles. The van der Waals surface area contributed by atoms with Crippen LogP contribution < -0.4 is 9.64 Å². The molecular weight excluding hydrogens is 426 g/mol. The van der Waals surface area contributed by atoms with Gasteiger partial charge in [0.05, 0.1) is 18.7 Å². The van der Waals surface area contributed by atoms with Crippen LogP contribution in [0.2, 0.25) is 0 Å². The van der Waals surface area contributed by atoms with Crippen LogP contribution in [0.25, 0.3) is 5.76 Å². The van der Waals surface area contributed by atoms with Crippen LogP contribution in [0, 0.1) is 6.92 Å². The molecule has 1 aliphatic rings. The quantitative estimate of drug-likeness (QED) is 0.301. The predicted octanol–water partition coefficient (Wildman–Crippen LogP) is 5.93. The van der Waals surface area contributed by atoms with Crippen LogP contribution in [-0.2, 0) is 15.0 Å². The van der Waals surface area contributed by atoms with Crippen molar-refractivity contribution in [3.63, 3.8) is 0 Å². The van der Waals surface area contributed by atoms with Gasteiger partial charge in [-0.25, -0.2) is 0 Å². The fourth-order valence-corrected chi connectivity index (χ4v) is 4.21. The first-order chi connectivity index (χ1) is 16.1. The number of hydrogen-bond acceptors (Lipinski definition) is 4. The number of Topliss-reactive ketones (excluding diaryl/α,β-unsaturated/α-hetero) is 1. The molecule has 0 aromatic heterocycles. The van der Waals surface area contributed by atoms with Gasteiger partial charge in [0.15, 0.2) is 0 Å². The summed E-state index contributed by atoms with van der Waals surface area (Å²) in [5, 5.41) is 11.2. The number of benzene rings is 3. The summed E-state index contributed by atoms with van der Waals surface area (Å²) in [5.74, 6) is -1.02. The van der Waals surface area contributed by atoms with Crippen LogP contribution in [-0.4, -0.2) is 23.9 Å². The molecule has 1 saturated heterocycles. The predicted molar refractivity (Wildman–Crippen MR) is 134 cm³/mol. The topological polar surface area (TPSA) is 66.8 Å². The van der Waals surface area contributed by atoms with Crippen LogP contribution >= 0.6 is 0 Å². The van der Waals surface area contributed by atoms with E-state index in [0.717, 1.165) is 16.7 Å². The lowest BCUT2D eigenvalue weighted by molar-refractivity contribution is -0.132. The molecule has 0 radical (unpaired) electrons. The Morgan fingerprint density at radius 1 is 0.941 bits per heavy atom. The second kappa shape index (κ2) is 8.82. The lowest BCUT2D eigenvalue weighted by Crippen LogP contribution is -2.29. The monoisotopic (exact) mass is 455 g/mol. The molecule has 5 heteroatoms. The Labute approximate surface area is 200 Å². The number of carbonyl (C=O) groups excluding carboxylic acids is 2. The van der Waals surface area contributed by atoms with Gasteiger partial charge >= 0.3 is 0 Å². The highest BCUT2D eigenvalue weighted by atomic mass is 16.5. The molecule has 1 fully saturated rings. The van der Waals surface area contributed by atoms with Crippen LogP contribution in [0.3, 0.4) is 0 Å². The van der Waals surface area contributed by atoms with Crippen molar-refractivity contribution in [3.05, 3.63) is 101 Å². The highest BCUT2D eigenvalue weighted by Gasteiger charge is 2.47. The van der Waals surface area contributed by atoms with Gasteiger partial charge in [0.1, 0.15) is 11.5 Å². The summed E-state index contributed by atoms with van der Waals surface area (Å²) >= 11 is 0. The number of rotatable bonds is 4. The van der Waals surface area contributed by atoms with Gasteiger partial charge in [-0.3, -0.25) is 14.5 Å². The zero-order valence-electron chi connectivity index (χ0n) is 20.1. The first-order valence-electron chi connectivity index (χ1n) is 11.2. The minimum absolute atomic E-state index is 0.0466. The maximum atomic E-state index is 13.3. The van der Waals surface area contributed by atoms with Gasteiger partial charge in [-0.2, -0.15) is 0 Å². The summed E-state index contributed by atoms with van der Waals surface area (Å²) in [5.41, 5.74) is 3.94. The van der Waals surface area contributed by atoms with Gasteiger partial charge < -0.3 is 9.84 Å². The highest BCUT2D eigenvalue weighted by molar-refractivity contribution is 6.51. The Bertz CT molecular complexity index is 1260. The van der Waals surface area contributed by atoms with E-state index in [-0.39, 0.29) is 16.7 Å². The number of aryl methyl sites for hydroxylation is 1. The number of methoxy groups -OCH3 is 1. The highest BCUT2D eigenvalue weighted by Crippen LogP contribution is 2.43. The molecule has 3 aromatic carbocycles. The summed E-state index contributed by atoms with van der Waals surface area (Å²) in [6.07, 6.45) is 0. The van der Waals surface area contributed by atoms with E-state index >= 15 is 0 Å². The first-order valence-corrected chi connectivity index (χ1v) is 11.2. The molecule has 1 atom stereocenters. The van der Waals surface area contributed by atoms with Crippen LogP contribution in [0.15, 0.2) is 78.4 Å². The summed E-state index contributed by atoms with van der Waals surface area (Å²) in [4.78, 5) is 28.0. The average Bonchev–Trinajstić information content (AvgIpc) is 3.09. The van der Waals surface area contributed by atoms with Gasteiger partial charge in [-0.15, -0.1) is 0 Å². The Hall–Kier alpha value is -3.86. The molecule has 0 spiro atoms. The van der Waals surface area contributed by atoms with Gasteiger partial charge in [0, 0.05) is 17.3 Å². The zero-order chi connectivity index (χ0) is 24.6. The van der Waals surface area contributed by atoms with Crippen molar-refractivity contribution in [1.82, 2.24) is 0 Å². The normalized spacial score (nSPS) is 17.8.